The predicted octanol–water partition coefficient (Wildman–Crippen LogP) is 1.36. The number of hydrogen-bond donors (Lipinski definition) is 1. The van der Waals surface area contributed by atoms with Gasteiger partial charge in [0, 0.05) is 6.08 Å². The molecule has 90 valence electrons. The molecule has 0 spiro atoms. The Morgan fingerprint density at radius 2 is 2.18 bits per heavy atom. The van der Waals surface area contributed by atoms with E-state index < -0.39 is 11.1 Å². The van der Waals surface area contributed by atoms with E-state index in [-0.39, 0.29) is 11.5 Å². The van der Waals surface area contributed by atoms with Gasteiger partial charge in [0.15, 0.2) is 5.75 Å². The number of hydrogen-bond acceptors (Lipinski definition) is 5. The molecule has 0 aliphatic carbocycles. The number of carboxylic acids is 1. The molecule has 17 heavy (non-hydrogen) atoms. The Morgan fingerprint density at radius 1 is 1.47 bits per heavy atom. The fourth-order valence-electron chi connectivity index (χ4n) is 1.11. The van der Waals surface area contributed by atoms with Crippen LogP contribution >= 0.6 is 0 Å². The van der Waals surface area contributed by atoms with Crippen molar-refractivity contribution in [2.24, 2.45) is 0 Å². The third kappa shape index (κ3) is 3.82. The minimum absolute atomic E-state index is 0.0509. The first kappa shape index (κ1) is 12.5. The molecule has 0 amide bonds. The summed E-state index contributed by atoms with van der Waals surface area (Å²) >= 11 is 0. The number of aliphatic carboxylic acids is 1. The van der Waals surface area contributed by atoms with Crippen molar-refractivity contribution in [3.63, 3.8) is 0 Å². The number of carboxylic acid groups (broad SMARTS) is 1. The van der Waals surface area contributed by atoms with Crippen LogP contribution in [0.15, 0.2) is 24.3 Å². The number of methoxy groups -OCH3 is 1. The Hall–Kier alpha value is -2.57. The minimum Gasteiger partial charge on any atom is -0.494 e. The molecule has 1 N–H and O–H groups in total. The lowest BCUT2D eigenvalue weighted by atomic mass is 10.2. The van der Waals surface area contributed by atoms with Crippen molar-refractivity contribution in [3.8, 4) is 11.5 Å². The Morgan fingerprint density at radius 3 is 2.71 bits per heavy atom. The van der Waals surface area contributed by atoms with Gasteiger partial charge < -0.3 is 9.84 Å². The third-order valence-corrected chi connectivity index (χ3v) is 1.78. The van der Waals surface area contributed by atoms with E-state index in [4.69, 9.17) is 9.84 Å². The monoisotopic (exact) mass is 239 g/mol. The van der Waals surface area contributed by atoms with Gasteiger partial charge in [0.1, 0.15) is 5.75 Å². The zero-order valence-corrected chi connectivity index (χ0v) is 8.82. The van der Waals surface area contributed by atoms with Crippen LogP contribution in [0, 0.1) is 10.1 Å². The van der Waals surface area contributed by atoms with Crippen LogP contribution in [0.1, 0.15) is 5.56 Å². The fourth-order valence-corrected chi connectivity index (χ4v) is 1.11. The highest BCUT2D eigenvalue weighted by atomic mass is 17.0. The van der Waals surface area contributed by atoms with E-state index in [0.717, 1.165) is 6.08 Å². The van der Waals surface area contributed by atoms with E-state index >= 15 is 0 Å². The second-order valence-corrected chi connectivity index (χ2v) is 2.90. The molecule has 0 heterocycles. The normalized spacial score (nSPS) is 10.2. The minimum atomic E-state index is -1.09. The Labute approximate surface area is 96.0 Å². The topological polar surface area (TPSA) is 98.9 Å². The molecule has 0 unspecified atom stereocenters. The van der Waals surface area contributed by atoms with Gasteiger partial charge in [-0.25, -0.2) is 4.79 Å². The maximum Gasteiger partial charge on any atom is 0.328 e. The summed E-state index contributed by atoms with van der Waals surface area (Å²) in [6.07, 6.45) is 2.28. The molecule has 0 aromatic heterocycles. The smallest absolute Gasteiger partial charge is 0.328 e. The molecule has 0 bridgehead atoms. The largest absolute Gasteiger partial charge is 0.494 e. The summed E-state index contributed by atoms with van der Waals surface area (Å²) in [7, 11) is 1.33. The maximum absolute atomic E-state index is 10.3. The van der Waals surface area contributed by atoms with Crippen LogP contribution in [0.5, 0.6) is 11.5 Å². The molecule has 7 nitrogen and oxygen atoms in total. The molecule has 1 aromatic carbocycles. The van der Waals surface area contributed by atoms with Crippen molar-refractivity contribution in [2.45, 2.75) is 0 Å². The molecule has 0 saturated carbocycles. The quantitative estimate of drug-likeness (QED) is 0.473. The molecule has 7 heteroatoms. The first-order valence-electron chi connectivity index (χ1n) is 4.44. The Balaban J connectivity index is 2.99. The van der Waals surface area contributed by atoms with E-state index in [2.05, 4.69) is 4.84 Å². The number of ether oxygens (including phenoxy) is 1. The van der Waals surface area contributed by atoms with Crippen molar-refractivity contribution in [2.75, 3.05) is 7.11 Å². The number of nitrogens with zero attached hydrogens (tertiary/aromatic N) is 1. The van der Waals surface area contributed by atoms with E-state index in [1.54, 1.807) is 0 Å². The standard InChI is InChI=1S/C10H9NO6/c1-16-9-6-7(3-5-10(12)13)2-4-8(9)17-11(14)15/h2-6H,1H3,(H,12,13). The van der Waals surface area contributed by atoms with Crippen molar-refractivity contribution in [3.05, 3.63) is 40.0 Å². The summed E-state index contributed by atoms with van der Waals surface area (Å²) in [5.74, 6) is -0.992. The lowest BCUT2D eigenvalue weighted by Gasteiger charge is -2.06. The lowest BCUT2D eigenvalue weighted by Crippen LogP contribution is -2.04. The van der Waals surface area contributed by atoms with Crippen LogP contribution in [0.25, 0.3) is 6.08 Å². The first-order chi connectivity index (χ1) is 8.02. The second kappa shape index (κ2) is 5.50. The van der Waals surface area contributed by atoms with Crippen LogP contribution in [0.3, 0.4) is 0 Å². The molecule has 0 aliphatic rings. The SMILES string of the molecule is COc1cc(C=CC(=O)O)ccc1O[N+](=O)[O-]. The van der Waals surface area contributed by atoms with E-state index in [1.807, 2.05) is 0 Å². The molecule has 0 aliphatic heterocycles. The van der Waals surface area contributed by atoms with Gasteiger partial charge in [-0.3, -0.25) is 4.84 Å². The second-order valence-electron chi connectivity index (χ2n) is 2.90. The van der Waals surface area contributed by atoms with Gasteiger partial charge in [-0.05, 0) is 23.8 Å². The highest BCUT2D eigenvalue weighted by Gasteiger charge is 2.07. The van der Waals surface area contributed by atoms with Crippen LogP contribution < -0.4 is 9.57 Å². The van der Waals surface area contributed by atoms with Gasteiger partial charge >= 0.3 is 5.97 Å². The van der Waals surface area contributed by atoms with Crippen molar-refractivity contribution >= 4 is 12.0 Å². The Kier molecular flexibility index (Phi) is 4.04. The van der Waals surface area contributed by atoms with Gasteiger partial charge in [-0.2, -0.15) is 0 Å². The van der Waals surface area contributed by atoms with Crippen LogP contribution in [0.4, 0.5) is 0 Å². The zero-order valence-electron chi connectivity index (χ0n) is 8.82. The molecule has 1 rings (SSSR count). The fraction of sp³-hybridized carbons (Fsp3) is 0.100. The summed E-state index contributed by atoms with van der Waals surface area (Å²) in [6.45, 7) is 0. The van der Waals surface area contributed by atoms with E-state index in [1.165, 1.54) is 31.4 Å². The van der Waals surface area contributed by atoms with Gasteiger partial charge in [-0.1, -0.05) is 6.07 Å². The van der Waals surface area contributed by atoms with Crippen molar-refractivity contribution < 1.29 is 24.6 Å². The highest BCUT2D eigenvalue weighted by Crippen LogP contribution is 2.28. The van der Waals surface area contributed by atoms with E-state index in [0.29, 0.717) is 5.56 Å². The third-order valence-electron chi connectivity index (χ3n) is 1.78. The predicted molar refractivity (Wildman–Crippen MR) is 57.3 cm³/mol. The van der Waals surface area contributed by atoms with Crippen molar-refractivity contribution in [1.82, 2.24) is 0 Å². The van der Waals surface area contributed by atoms with E-state index in [9.17, 15) is 14.9 Å². The number of carbonyl (C=O) groups is 1. The van der Waals surface area contributed by atoms with Crippen LogP contribution in [0.2, 0.25) is 0 Å². The molecular weight excluding hydrogens is 230 g/mol. The Bertz CT molecular complexity index is 468. The molecular formula is C10H9NO6. The van der Waals surface area contributed by atoms with Gasteiger partial charge in [0.25, 0.3) is 5.09 Å². The number of rotatable bonds is 5. The van der Waals surface area contributed by atoms with Crippen LogP contribution in [-0.4, -0.2) is 23.3 Å². The molecule has 0 fully saturated rings. The summed E-state index contributed by atoms with van der Waals surface area (Å²) in [5.41, 5.74) is 0.528. The summed E-state index contributed by atoms with van der Waals surface area (Å²) in [4.78, 5) is 24.8. The van der Waals surface area contributed by atoms with Crippen LogP contribution in [-0.2, 0) is 4.79 Å². The summed E-state index contributed by atoms with van der Waals surface area (Å²) < 4.78 is 4.88. The maximum atomic E-state index is 10.3. The first-order valence-corrected chi connectivity index (χ1v) is 4.44. The molecule has 0 saturated heterocycles. The molecule has 1 aromatic rings. The van der Waals surface area contributed by atoms with Gasteiger partial charge in [0.2, 0.25) is 0 Å². The van der Waals surface area contributed by atoms with Crippen molar-refractivity contribution in [1.29, 1.82) is 0 Å². The van der Waals surface area contributed by atoms with Gasteiger partial charge in [-0.15, -0.1) is 10.1 Å². The summed E-state index contributed by atoms with van der Waals surface area (Å²) in [6, 6.07) is 4.22. The average molecular weight is 239 g/mol. The molecule has 0 atom stereocenters. The highest BCUT2D eigenvalue weighted by molar-refractivity contribution is 5.85. The average Bonchev–Trinajstić information content (AvgIpc) is 2.26. The lowest BCUT2D eigenvalue weighted by molar-refractivity contribution is -0.711. The molecule has 0 radical (unpaired) electrons. The van der Waals surface area contributed by atoms with Gasteiger partial charge in [0.05, 0.1) is 7.11 Å². The summed E-state index contributed by atoms with van der Waals surface area (Å²) in [5, 5.41) is 17.7. The number of benzene rings is 1. The zero-order chi connectivity index (χ0) is 12.8.